The van der Waals surface area contributed by atoms with Crippen molar-refractivity contribution in [3.63, 3.8) is 0 Å². The van der Waals surface area contributed by atoms with Crippen LogP contribution in [0, 0.1) is 23.7 Å². The lowest BCUT2D eigenvalue weighted by Crippen LogP contribution is -2.36. The molecule has 7 heterocycles. The molecule has 0 saturated carbocycles. The van der Waals surface area contributed by atoms with Gasteiger partial charge in [0.05, 0.1) is 36.8 Å². The molecule has 119 heavy (non-hydrogen) atoms. The molecule has 0 atom stereocenters. The van der Waals surface area contributed by atoms with Gasteiger partial charge in [-0.05, 0) is 83.0 Å². The highest BCUT2D eigenvalue weighted by molar-refractivity contribution is 6.06. The van der Waals surface area contributed by atoms with Gasteiger partial charge in [-0.25, -0.2) is 24.7 Å². The molecule has 1 aliphatic rings. The zero-order chi connectivity index (χ0) is 84.8. The summed E-state index contributed by atoms with van der Waals surface area (Å²) >= 11 is 0. The first-order valence-corrected chi connectivity index (χ1v) is 37.6. The fourth-order valence-corrected chi connectivity index (χ4v) is 12.6. The molecule has 616 valence electrons. The minimum absolute atomic E-state index is 0.0316. The minimum Gasteiger partial charge on any atom is -0.448 e. The number of fused-ring (bicyclic) bond motifs is 3. The lowest BCUT2D eigenvalue weighted by Gasteiger charge is -2.21. The number of rotatable bonds is 35. The number of carbonyl (C=O) groups excluding carboxylic acids is 12. The normalized spacial score (nSPS) is 11.1. The van der Waals surface area contributed by atoms with Crippen LogP contribution in [0.4, 0.5) is 45.0 Å². The molecule has 38 heteroatoms. The third-order valence-electron chi connectivity index (χ3n) is 18.5. The monoisotopic (exact) mass is 1620 g/mol. The van der Waals surface area contributed by atoms with Crippen molar-refractivity contribution in [2.45, 2.75) is 38.0 Å². The Bertz CT molecular complexity index is 5590. The van der Waals surface area contributed by atoms with Gasteiger partial charge in [-0.3, -0.25) is 57.6 Å². The summed E-state index contributed by atoms with van der Waals surface area (Å²) in [5.41, 5.74) is 12.6. The summed E-state index contributed by atoms with van der Waals surface area (Å²) in [4.78, 5) is 175. The van der Waals surface area contributed by atoms with E-state index in [2.05, 4.69) is 126 Å². The van der Waals surface area contributed by atoms with Gasteiger partial charge in [0, 0.05) is 181 Å². The maximum Gasteiger partial charge on any atom is 0.410 e. The van der Waals surface area contributed by atoms with E-state index in [1.807, 2.05) is 24.3 Å². The molecule has 12 amide bonds. The highest BCUT2D eigenvalue weighted by Crippen LogP contribution is 2.44. The van der Waals surface area contributed by atoms with Gasteiger partial charge in [-0.15, -0.1) is 0 Å². The molecule has 10 aromatic rings. The van der Waals surface area contributed by atoms with Crippen LogP contribution in [0.5, 0.6) is 0 Å². The average Bonchev–Trinajstić information content (AvgIpc) is 1.61. The number of imidazole rings is 4. The van der Waals surface area contributed by atoms with Crippen LogP contribution >= 0.6 is 0 Å². The SMILES string of the molecule is Cn1cc(NC(=O)c2nc(NC(=O)CCNC(=O)c3cc(NC(=O)c4nccn4C)cn3C)cn2C)cc1C(=O)NCCCC(=O)Nc1cn(C)c(C(=O)NCCC(=O)Nc2cc(C(=O)Nc3cn(C)c(C(=O)NCCC(=O)Nc4ccc(C#CC#CCN(CCOCCN)C(=O)OCC5c6ccccc6-c6ccccc65)cc4)n3)n(C)c2)n1. The number of nitrogens with two attached hydrogens (primary N) is 1. The zero-order valence-corrected chi connectivity index (χ0v) is 66.1. The predicted molar refractivity (Wildman–Crippen MR) is 437 cm³/mol. The van der Waals surface area contributed by atoms with Gasteiger partial charge in [-0.1, -0.05) is 60.4 Å². The highest BCUT2D eigenvalue weighted by atomic mass is 16.6. The Morgan fingerprint density at radius 3 is 1.42 bits per heavy atom. The zero-order valence-electron chi connectivity index (χ0n) is 66.1. The van der Waals surface area contributed by atoms with Crippen LogP contribution in [0.2, 0.25) is 0 Å². The molecule has 38 nitrogen and oxygen atoms in total. The molecule has 0 unspecified atom stereocenters. The summed E-state index contributed by atoms with van der Waals surface area (Å²) in [6, 6.07) is 27.4. The Kier molecular flexibility index (Phi) is 28.3. The number of nitrogens with zero attached hydrogens (tertiary/aromatic N) is 12. The van der Waals surface area contributed by atoms with Crippen LogP contribution < -0.4 is 64.2 Å². The quantitative estimate of drug-likeness (QED) is 0.0193. The largest absolute Gasteiger partial charge is 0.448 e. The number of aryl methyl sites for hydroxylation is 7. The van der Waals surface area contributed by atoms with Crippen molar-refractivity contribution < 1.29 is 67.0 Å². The number of nitrogens with one attached hydrogen (secondary N) is 11. The molecular weight excluding hydrogens is 1530 g/mol. The van der Waals surface area contributed by atoms with Crippen molar-refractivity contribution >= 4 is 111 Å². The van der Waals surface area contributed by atoms with Gasteiger partial charge < -0.3 is 106 Å². The second kappa shape index (κ2) is 39.7. The van der Waals surface area contributed by atoms with E-state index >= 15 is 0 Å². The predicted octanol–water partition coefficient (Wildman–Crippen LogP) is 4.40. The van der Waals surface area contributed by atoms with E-state index in [0.29, 0.717) is 30.1 Å². The third-order valence-corrected chi connectivity index (χ3v) is 18.5. The van der Waals surface area contributed by atoms with Crippen molar-refractivity contribution in [1.29, 1.82) is 0 Å². The Balaban J connectivity index is 0.537. The number of benzene rings is 3. The summed E-state index contributed by atoms with van der Waals surface area (Å²) in [6.45, 7) is 1.30. The van der Waals surface area contributed by atoms with Crippen molar-refractivity contribution in [2.75, 3.05) is 103 Å². The third kappa shape index (κ3) is 22.6. The highest BCUT2D eigenvalue weighted by Gasteiger charge is 2.31. The van der Waals surface area contributed by atoms with E-state index in [1.165, 1.54) is 87.7 Å². The van der Waals surface area contributed by atoms with Gasteiger partial charge in [0.15, 0.2) is 23.3 Å². The maximum absolute atomic E-state index is 13.4. The van der Waals surface area contributed by atoms with Crippen LogP contribution in [0.1, 0.15) is 129 Å². The number of carbonyl (C=O) groups is 12. The van der Waals surface area contributed by atoms with Gasteiger partial charge in [0.2, 0.25) is 41.1 Å². The molecule has 0 spiro atoms. The van der Waals surface area contributed by atoms with Crippen molar-refractivity contribution in [3.05, 3.63) is 198 Å². The Labute approximate surface area is 681 Å². The fourth-order valence-electron chi connectivity index (χ4n) is 12.6. The van der Waals surface area contributed by atoms with Crippen LogP contribution in [0.25, 0.3) is 11.1 Å². The van der Waals surface area contributed by atoms with E-state index in [0.717, 1.165) is 22.3 Å². The summed E-state index contributed by atoms with van der Waals surface area (Å²) in [7, 11) is 11.2. The summed E-state index contributed by atoms with van der Waals surface area (Å²) < 4.78 is 21.7. The minimum atomic E-state index is -0.641. The first-order chi connectivity index (χ1) is 57.2. The number of hydrogen-bond acceptors (Lipinski definition) is 19. The van der Waals surface area contributed by atoms with Crippen LogP contribution in [-0.2, 0) is 78.0 Å². The molecular formula is C81H88N24O14. The number of amides is 12. The average molecular weight is 1620 g/mol. The summed E-state index contributed by atoms with van der Waals surface area (Å²) in [5, 5.41) is 29.5. The van der Waals surface area contributed by atoms with Gasteiger partial charge in [0.1, 0.15) is 23.7 Å². The molecule has 3 aromatic carbocycles. The van der Waals surface area contributed by atoms with E-state index in [-0.39, 0.29) is 166 Å². The number of hydrogen-bond donors (Lipinski definition) is 12. The van der Waals surface area contributed by atoms with Crippen LogP contribution in [0.3, 0.4) is 0 Å². The second-order valence-electron chi connectivity index (χ2n) is 27.4. The number of ether oxygens (including phenoxy) is 2. The molecule has 0 saturated heterocycles. The van der Waals surface area contributed by atoms with E-state index in [1.54, 1.807) is 90.6 Å². The lowest BCUT2D eigenvalue weighted by atomic mass is 9.98. The van der Waals surface area contributed by atoms with E-state index in [4.69, 9.17) is 15.2 Å². The molecule has 0 fully saturated rings. The van der Waals surface area contributed by atoms with Gasteiger partial charge >= 0.3 is 6.09 Å². The Morgan fingerprint density at radius 1 is 0.445 bits per heavy atom. The van der Waals surface area contributed by atoms with Crippen molar-refractivity contribution in [1.82, 2.24) is 78.1 Å². The summed E-state index contributed by atoms with van der Waals surface area (Å²) in [5.74, 6) is 5.92. The fraction of sp³-hybridized carbons (Fsp3) is 0.284. The Morgan fingerprint density at radius 2 is 0.899 bits per heavy atom. The van der Waals surface area contributed by atoms with Gasteiger partial charge in [-0.2, -0.15) is 0 Å². The molecule has 13 N–H and O–H groups in total. The van der Waals surface area contributed by atoms with Gasteiger partial charge in [0.25, 0.3) is 41.4 Å². The molecule has 0 bridgehead atoms. The van der Waals surface area contributed by atoms with Crippen LogP contribution in [-0.4, -0.2) is 194 Å². The molecule has 11 rings (SSSR count). The topological polar surface area (TPSA) is 471 Å². The van der Waals surface area contributed by atoms with Crippen molar-refractivity contribution in [2.24, 2.45) is 55.1 Å². The smallest absolute Gasteiger partial charge is 0.410 e. The Hall–Kier alpha value is -15.2. The number of aromatic nitrogens is 11. The first kappa shape index (κ1) is 84.7. The summed E-state index contributed by atoms with van der Waals surface area (Å²) in [6.07, 6.45) is 11.3. The standard InChI is InChI=1S/C81H88N24O14/c1-98-36-34-83-70(98)79(115)90-53-41-61(100(3)44-53)75(111)85-31-28-69(109)93-64-47-104(7)73(95-64)80(116)91-54-42-60(99(2)45-54)74(110)84-30-15-21-66(106)92-63-46-102(5)71(94-63)77(113)87-33-27-68(108)89-52-40-62(101(4)43-52)76(112)97-65-48-103(6)72(96-65)78(114)86-32-26-67(107)88-51-24-22-50(23-25-51)16-9-8-14-35-105(37-39-118-38-29-82)81(117)119-49-59-57-19-12-10-17-55(57)56-18-11-13-20-58(56)59/h10-13,17-20,22-25,34,36,40-48,59H,15,21,26-33,35,37-39,49,82H2,1-7H3,(H,84,110)(H,85,111)(H,86,114)(H,87,113)(H,88,107)(H,89,108)(H,90,115)(H,91,116)(H,92,106)(H,93,109)(H,97,112). The van der Waals surface area contributed by atoms with Crippen molar-refractivity contribution in [3.8, 4) is 34.8 Å². The van der Waals surface area contributed by atoms with E-state index < -0.39 is 65.2 Å². The first-order valence-electron chi connectivity index (χ1n) is 37.6. The molecule has 7 aromatic heterocycles. The maximum atomic E-state index is 13.4. The number of anilines is 7. The van der Waals surface area contributed by atoms with Crippen LogP contribution in [0.15, 0.2) is 141 Å². The lowest BCUT2D eigenvalue weighted by molar-refractivity contribution is -0.117. The second-order valence-corrected chi connectivity index (χ2v) is 27.4. The molecule has 0 aliphatic heterocycles. The molecule has 1 aliphatic carbocycles. The van der Waals surface area contributed by atoms with E-state index in [9.17, 15) is 57.5 Å². The molecule has 0 radical (unpaired) electrons.